The molecule has 1 aliphatic rings. The fraction of sp³-hybridized carbons (Fsp3) is 1.00. The van der Waals surface area contributed by atoms with Gasteiger partial charge in [0.1, 0.15) is 0 Å². The first-order valence-electron chi connectivity index (χ1n) is 2.71. The molecule has 1 aliphatic heterocycles. The van der Waals surface area contributed by atoms with Crippen molar-refractivity contribution in [3.63, 3.8) is 0 Å². The van der Waals surface area contributed by atoms with E-state index in [0.29, 0.717) is 0 Å². The summed E-state index contributed by atoms with van der Waals surface area (Å²) in [7, 11) is 0. The second-order valence-corrected chi connectivity index (χ2v) is 1.81. The Bertz CT molecular complexity index is 23.6. The van der Waals surface area contributed by atoms with Gasteiger partial charge in [-0.15, -0.1) is 0 Å². The molecule has 0 radical (unpaired) electrons. The van der Waals surface area contributed by atoms with Crippen LogP contribution in [0.5, 0.6) is 0 Å². The third-order valence-corrected chi connectivity index (χ3v) is 1.21. The van der Waals surface area contributed by atoms with Gasteiger partial charge in [-0.3, -0.25) is 0 Å². The molecule has 0 aromatic carbocycles. The molecule has 0 unspecified atom stereocenters. The van der Waals surface area contributed by atoms with Gasteiger partial charge in [0.05, 0.1) is 0 Å². The van der Waals surface area contributed by atoms with Gasteiger partial charge in [-0.2, -0.15) is 0 Å². The first-order chi connectivity index (χ1) is 3.00. The van der Waals surface area contributed by atoms with Crippen molar-refractivity contribution < 1.29 is 21.7 Å². The molecule has 1 saturated heterocycles. The summed E-state index contributed by atoms with van der Waals surface area (Å²) in [5.41, 5.74) is 0. The fourth-order valence-corrected chi connectivity index (χ4v) is 0.802. The minimum Gasteiger partial charge on any atom is -0.317 e. The molecule has 0 atom stereocenters. The van der Waals surface area contributed by atoms with Gasteiger partial charge in [0, 0.05) is 21.7 Å². The van der Waals surface area contributed by atoms with Crippen LogP contribution in [0, 0.1) is 0 Å². The Morgan fingerprint density at radius 2 is 1.43 bits per heavy atom. The average molecular weight is 133 g/mol. The number of hydrogen-bond acceptors (Lipinski definition) is 1. The van der Waals surface area contributed by atoms with Crippen molar-refractivity contribution in [1.82, 2.24) is 5.32 Å². The molecule has 1 N–H and O–H groups in total. The second kappa shape index (κ2) is 4.82. The van der Waals surface area contributed by atoms with E-state index in [-0.39, 0.29) is 21.7 Å². The number of piperidine rings is 1. The maximum atomic E-state index is 3.28. The summed E-state index contributed by atoms with van der Waals surface area (Å²) in [6.07, 6.45) is 4.22. The topological polar surface area (TPSA) is 12.0 Å². The van der Waals surface area contributed by atoms with Gasteiger partial charge in [-0.1, -0.05) is 6.42 Å². The first kappa shape index (κ1) is 7.67. The van der Waals surface area contributed by atoms with Crippen molar-refractivity contribution in [2.24, 2.45) is 0 Å². The molecule has 0 aliphatic carbocycles. The Kier molecular flexibility index (Phi) is 5.29. The van der Waals surface area contributed by atoms with E-state index in [4.69, 9.17) is 0 Å². The van der Waals surface area contributed by atoms with Crippen molar-refractivity contribution in [3.05, 3.63) is 0 Å². The maximum Gasteiger partial charge on any atom is 0 e. The first-order valence-corrected chi connectivity index (χ1v) is 2.71. The third-order valence-electron chi connectivity index (χ3n) is 1.21. The summed E-state index contributed by atoms with van der Waals surface area (Å²) in [6.45, 7) is 2.50. The molecule has 0 bridgehead atoms. The Labute approximate surface area is 59.7 Å². The maximum absolute atomic E-state index is 3.28. The van der Waals surface area contributed by atoms with Crippen LogP contribution in [-0.4, -0.2) is 13.1 Å². The van der Waals surface area contributed by atoms with Gasteiger partial charge in [-0.25, -0.2) is 0 Å². The predicted octanol–water partition coefficient (Wildman–Crippen LogP) is 0.757. The van der Waals surface area contributed by atoms with Crippen molar-refractivity contribution in [1.29, 1.82) is 0 Å². The zero-order chi connectivity index (χ0) is 4.24. The normalized spacial score (nSPS) is 20.6. The molecule has 1 fully saturated rings. The Balaban J connectivity index is 0.000000360. The Morgan fingerprint density at radius 1 is 0.857 bits per heavy atom. The number of hydrogen-bond donors (Lipinski definition) is 1. The van der Waals surface area contributed by atoms with Crippen molar-refractivity contribution in [2.75, 3.05) is 13.1 Å². The van der Waals surface area contributed by atoms with Gasteiger partial charge < -0.3 is 5.32 Å². The summed E-state index contributed by atoms with van der Waals surface area (Å²) in [6, 6.07) is 0. The van der Waals surface area contributed by atoms with Gasteiger partial charge >= 0.3 is 0 Å². The largest absolute Gasteiger partial charge is 0.317 e. The smallest absolute Gasteiger partial charge is 0 e. The van der Waals surface area contributed by atoms with Crippen LogP contribution in [0.4, 0.5) is 0 Å². The summed E-state index contributed by atoms with van der Waals surface area (Å²) in [5.74, 6) is 0. The Morgan fingerprint density at radius 3 is 1.57 bits per heavy atom. The van der Waals surface area contributed by atoms with E-state index < -0.39 is 0 Å². The quantitative estimate of drug-likeness (QED) is 0.481. The monoisotopic (exact) mass is 133 g/mol. The summed E-state index contributed by atoms with van der Waals surface area (Å²) >= 11 is 0. The molecular formula is C5H11NTi. The van der Waals surface area contributed by atoms with Gasteiger partial charge in [0.25, 0.3) is 0 Å². The molecule has 40 valence electrons. The molecule has 2 heteroatoms. The summed E-state index contributed by atoms with van der Waals surface area (Å²) in [5, 5.41) is 3.28. The zero-order valence-electron chi connectivity index (χ0n) is 4.54. The van der Waals surface area contributed by atoms with Crippen LogP contribution >= 0.6 is 0 Å². The average Bonchev–Trinajstić information content (AvgIpc) is 1.72. The molecule has 1 rings (SSSR count). The van der Waals surface area contributed by atoms with Crippen LogP contribution in [0.15, 0.2) is 0 Å². The standard InChI is InChI=1S/C5H11N.Ti/c1-2-4-6-5-3-1;/h6H,1-5H2;. The van der Waals surface area contributed by atoms with Crippen LogP contribution in [0.25, 0.3) is 0 Å². The molecule has 0 spiro atoms. The van der Waals surface area contributed by atoms with Crippen LogP contribution < -0.4 is 5.32 Å². The van der Waals surface area contributed by atoms with Crippen LogP contribution in [0.1, 0.15) is 19.3 Å². The van der Waals surface area contributed by atoms with E-state index in [1.807, 2.05) is 0 Å². The summed E-state index contributed by atoms with van der Waals surface area (Å²) in [4.78, 5) is 0. The van der Waals surface area contributed by atoms with E-state index >= 15 is 0 Å². The summed E-state index contributed by atoms with van der Waals surface area (Å²) < 4.78 is 0. The van der Waals surface area contributed by atoms with E-state index in [1.165, 1.54) is 32.4 Å². The van der Waals surface area contributed by atoms with Crippen LogP contribution in [0.3, 0.4) is 0 Å². The third kappa shape index (κ3) is 3.27. The van der Waals surface area contributed by atoms with Gasteiger partial charge in [0.2, 0.25) is 0 Å². The number of rotatable bonds is 0. The van der Waals surface area contributed by atoms with E-state index in [1.54, 1.807) is 0 Å². The molecule has 0 aromatic heterocycles. The molecule has 1 nitrogen and oxygen atoms in total. The predicted molar refractivity (Wildman–Crippen MR) is 26.7 cm³/mol. The molecular weight excluding hydrogens is 122 g/mol. The molecule has 0 amide bonds. The fourth-order valence-electron chi connectivity index (χ4n) is 0.802. The molecule has 7 heavy (non-hydrogen) atoms. The van der Waals surface area contributed by atoms with Crippen molar-refractivity contribution in [3.8, 4) is 0 Å². The van der Waals surface area contributed by atoms with Crippen molar-refractivity contribution >= 4 is 0 Å². The zero-order valence-corrected chi connectivity index (χ0v) is 6.10. The second-order valence-electron chi connectivity index (χ2n) is 1.81. The van der Waals surface area contributed by atoms with E-state index in [0.717, 1.165) is 0 Å². The van der Waals surface area contributed by atoms with Gasteiger partial charge in [0.15, 0.2) is 0 Å². The van der Waals surface area contributed by atoms with E-state index in [9.17, 15) is 0 Å². The number of nitrogens with one attached hydrogen (secondary N) is 1. The molecule has 0 aromatic rings. The van der Waals surface area contributed by atoms with Crippen LogP contribution in [0.2, 0.25) is 0 Å². The minimum absolute atomic E-state index is 0. The minimum atomic E-state index is 0. The Hall–Kier alpha value is 0.674. The van der Waals surface area contributed by atoms with E-state index in [2.05, 4.69) is 5.32 Å². The van der Waals surface area contributed by atoms with Gasteiger partial charge in [-0.05, 0) is 25.9 Å². The van der Waals surface area contributed by atoms with Crippen molar-refractivity contribution in [2.45, 2.75) is 19.3 Å². The molecule has 1 heterocycles. The van der Waals surface area contributed by atoms with Crippen LogP contribution in [-0.2, 0) is 21.7 Å². The SMILES string of the molecule is C1CCNCC1.[Ti]. The molecule has 0 saturated carbocycles.